The lowest BCUT2D eigenvalue weighted by molar-refractivity contribution is 0.627. The molecule has 3 aromatic rings. The molecule has 0 fully saturated rings. The molecular weight excluding hydrogens is 289 g/mol. The Morgan fingerprint density at radius 1 is 1.22 bits per heavy atom. The number of aromatic nitrogens is 2. The van der Waals surface area contributed by atoms with Crippen LogP contribution in [-0.4, -0.2) is 9.55 Å². The molecule has 0 saturated carbocycles. The highest BCUT2D eigenvalue weighted by Gasteiger charge is 2.14. The smallest absolute Gasteiger partial charge is 0.135 e. The zero-order valence-corrected chi connectivity index (χ0v) is 13.4. The van der Waals surface area contributed by atoms with Crippen LogP contribution in [0.4, 0.5) is 10.2 Å². The molecule has 1 N–H and O–H groups in total. The summed E-state index contributed by atoms with van der Waals surface area (Å²) in [5.41, 5.74) is 4.61. The van der Waals surface area contributed by atoms with E-state index in [2.05, 4.69) is 35.3 Å². The highest BCUT2D eigenvalue weighted by molar-refractivity contribution is 5.94. The van der Waals surface area contributed by atoms with Crippen molar-refractivity contribution in [2.75, 3.05) is 5.32 Å². The maximum Gasteiger partial charge on any atom is 0.135 e. The Hall–Kier alpha value is -2.62. The Kier molecular flexibility index (Phi) is 4.15. The molecule has 3 rings (SSSR count). The zero-order chi connectivity index (χ0) is 16.4. The Labute approximate surface area is 135 Å². The summed E-state index contributed by atoms with van der Waals surface area (Å²) in [4.78, 5) is 4.49. The van der Waals surface area contributed by atoms with Crippen molar-refractivity contribution < 1.29 is 4.39 Å². The van der Waals surface area contributed by atoms with Crippen LogP contribution in [0.1, 0.15) is 16.8 Å². The summed E-state index contributed by atoms with van der Waals surface area (Å²) in [5.74, 6) is 0.636. The predicted molar refractivity (Wildman–Crippen MR) is 93.1 cm³/mol. The highest BCUT2D eigenvalue weighted by atomic mass is 19.1. The lowest BCUT2D eigenvalue weighted by Crippen LogP contribution is -2.02. The molecule has 0 aliphatic rings. The summed E-state index contributed by atoms with van der Waals surface area (Å²) in [6, 6.07) is 8.54. The van der Waals surface area contributed by atoms with Gasteiger partial charge in [-0.15, -0.1) is 6.58 Å². The Morgan fingerprint density at radius 3 is 2.65 bits per heavy atom. The molecule has 0 radical (unpaired) electrons. The van der Waals surface area contributed by atoms with E-state index in [1.807, 2.05) is 18.3 Å². The number of rotatable bonds is 5. The van der Waals surface area contributed by atoms with Gasteiger partial charge in [0.15, 0.2) is 0 Å². The van der Waals surface area contributed by atoms with E-state index >= 15 is 0 Å². The van der Waals surface area contributed by atoms with E-state index in [1.54, 1.807) is 12.1 Å². The third-order valence-electron chi connectivity index (χ3n) is 4.23. The van der Waals surface area contributed by atoms with Crippen molar-refractivity contribution in [1.82, 2.24) is 9.55 Å². The summed E-state index contributed by atoms with van der Waals surface area (Å²) < 4.78 is 15.2. The lowest BCUT2D eigenvalue weighted by atomic mass is 10.1. The molecule has 0 atom stereocenters. The van der Waals surface area contributed by atoms with Gasteiger partial charge in [0.1, 0.15) is 11.6 Å². The van der Waals surface area contributed by atoms with Gasteiger partial charge in [0.25, 0.3) is 0 Å². The lowest BCUT2D eigenvalue weighted by Gasteiger charge is -2.08. The predicted octanol–water partition coefficient (Wildman–Crippen LogP) is 4.59. The maximum absolute atomic E-state index is 13.0. The largest absolute Gasteiger partial charge is 0.365 e. The third kappa shape index (κ3) is 2.84. The number of halogens is 1. The molecule has 0 unspecified atom stereocenters. The number of benzene rings is 1. The Balaban J connectivity index is 1.96. The molecule has 0 bridgehead atoms. The van der Waals surface area contributed by atoms with Gasteiger partial charge in [-0.25, -0.2) is 9.37 Å². The van der Waals surface area contributed by atoms with Gasteiger partial charge in [-0.2, -0.15) is 0 Å². The van der Waals surface area contributed by atoms with Crippen molar-refractivity contribution in [3.63, 3.8) is 0 Å². The summed E-state index contributed by atoms with van der Waals surface area (Å²) in [7, 11) is 0. The van der Waals surface area contributed by atoms with Gasteiger partial charge >= 0.3 is 0 Å². The fraction of sp³-hybridized carbons (Fsp3) is 0.211. The minimum atomic E-state index is -0.220. The average Bonchev–Trinajstić information content (AvgIpc) is 2.80. The normalized spacial score (nSPS) is 10.9. The van der Waals surface area contributed by atoms with Crippen LogP contribution in [-0.2, 0) is 13.1 Å². The van der Waals surface area contributed by atoms with E-state index in [1.165, 1.54) is 23.4 Å². The molecule has 2 aromatic heterocycles. The van der Waals surface area contributed by atoms with Gasteiger partial charge in [0.2, 0.25) is 0 Å². The number of pyridine rings is 1. The standard InChI is InChI=1S/C19H20FN3/c1-4-11-23-14(3)13(2)18-17(23)9-10-21-19(18)22-12-15-5-7-16(20)8-6-15/h4-10H,1,11-12H2,2-3H3,(H,21,22). The molecule has 4 heteroatoms. The van der Waals surface area contributed by atoms with Gasteiger partial charge in [0.05, 0.1) is 5.52 Å². The van der Waals surface area contributed by atoms with Crippen molar-refractivity contribution in [3.05, 3.63) is 71.8 Å². The van der Waals surface area contributed by atoms with Crippen LogP contribution in [0.5, 0.6) is 0 Å². The molecule has 0 spiro atoms. The van der Waals surface area contributed by atoms with E-state index < -0.39 is 0 Å². The van der Waals surface area contributed by atoms with E-state index in [9.17, 15) is 4.39 Å². The van der Waals surface area contributed by atoms with E-state index in [4.69, 9.17) is 0 Å². The first-order valence-corrected chi connectivity index (χ1v) is 7.65. The molecule has 0 saturated heterocycles. The second kappa shape index (κ2) is 6.24. The van der Waals surface area contributed by atoms with Crippen LogP contribution in [0.2, 0.25) is 0 Å². The van der Waals surface area contributed by atoms with Crippen molar-refractivity contribution in [3.8, 4) is 0 Å². The Morgan fingerprint density at radius 2 is 1.96 bits per heavy atom. The number of fused-ring (bicyclic) bond motifs is 1. The Bertz CT molecular complexity index is 847. The first-order chi connectivity index (χ1) is 11.1. The molecular formula is C19H20FN3. The maximum atomic E-state index is 13.0. The fourth-order valence-electron chi connectivity index (χ4n) is 2.90. The van der Waals surface area contributed by atoms with E-state index in [-0.39, 0.29) is 5.82 Å². The van der Waals surface area contributed by atoms with Gasteiger partial charge in [-0.05, 0) is 43.2 Å². The summed E-state index contributed by atoms with van der Waals surface area (Å²) in [6.07, 6.45) is 3.71. The number of nitrogens with zero attached hydrogens (tertiary/aromatic N) is 2. The van der Waals surface area contributed by atoms with E-state index in [0.717, 1.165) is 28.8 Å². The van der Waals surface area contributed by atoms with Gasteiger partial charge in [-0.1, -0.05) is 18.2 Å². The van der Waals surface area contributed by atoms with Crippen LogP contribution >= 0.6 is 0 Å². The first-order valence-electron chi connectivity index (χ1n) is 7.65. The van der Waals surface area contributed by atoms with Crippen molar-refractivity contribution in [2.24, 2.45) is 0 Å². The topological polar surface area (TPSA) is 29.9 Å². The minimum Gasteiger partial charge on any atom is -0.365 e. The fourth-order valence-corrected chi connectivity index (χ4v) is 2.90. The number of hydrogen-bond donors (Lipinski definition) is 1. The molecule has 23 heavy (non-hydrogen) atoms. The SMILES string of the molecule is C=CCn1c(C)c(C)c2c(NCc3ccc(F)cc3)nccc21. The molecule has 3 nitrogen and oxygen atoms in total. The minimum absolute atomic E-state index is 0.220. The quantitative estimate of drug-likeness (QED) is 0.699. The average molecular weight is 309 g/mol. The first kappa shape index (κ1) is 15.3. The van der Waals surface area contributed by atoms with Gasteiger partial charge in [-0.3, -0.25) is 0 Å². The summed E-state index contributed by atoms with van der Waals surface area (Å²) in [5, 5.41) is 4.51. The monoisotopic (exact) mass is 309 g/mol. The van der Waals surface area contributed by atoms with Gasteiger partial charge < -0.3 is 9.88 Å². The number of nitrogens with one attached hydrogen (secondary N) is 1. The van der Waals surface area contributed by atoms with E-state index in [0.29, 0.717) is 6.54 Å². The zero-order valence-electron chi connectivity index (χ0n) is 13.4. The highest BCUT2D eigenvalue weighted by Crippen LogP contribution is 2.30. The van der Waals surface area contributed by atoms with Crippen LogP contribution in [0.15, 0.2) is 49.2 Å². The molecule has 2 heterocycles. The van der Waals surface area contributed by atoms with Crippen LogP contribution in [0.25, 0.3) is 10.9 Å². The number of aryl methyl sites for hydroxylation is 1. The van der Waals surface area contributed by atoms with Crippen LogP contribution < -0.4 is 5.32 Å². The number of anilines is 1. The molecule has 0 amide bonds. The molecule has 0 aliphatic carbocycles. The second-order valence-corrected chi connectivity index (χ2v) is 5.64. The molecule has 118 valence electrons. The van der Waals surface area contributed by atoms with Crippen molar-refractivity contribution >= 4 is 16.7 Å². The number of hydrogen-bond acceptors (Lipinski definition) is 2. The van der Waals surface area contributed by atoms with Crippen LogP contribution in [0, 0.1) is 19.7 Å². The number of allylic oxidation sites excluding steroid dienone is 1. The summed E-state index contributed by atoms with van der Waals surface area (Å²) in [6.45, 7) is 9.45. The second-order valence-electron chi connectivity index (χ2n) is 5.64. The van der Waals surface area contributed by atoms with Gasteiger partial charge in [0, 0.05) is 30.4 Å². The summed E-state index contributed by atoms with van der Waals surface area (Å²) >= 11 is 0. The third-order valence-corrected chi connectivity index (χ3v) is 4.23. The molecule has 0 aliphatic heterocycles. The van der Waals surface area contributed by atoms with Crippen molar-refractivity contribution in [2.45, 2.75) is 26.9 Å². The van der Waals surface area contributed by atoms with Crippen molar-refractivity contribution in [1.29, 1.82) is 0 Å². The van der Waals surface area contributed by atoms with Crippen LogP contribution in [0.3, 0.4) is 0 Å². The molecule has 1 aromatic carbocycles.